The maximum atomic E-state index is 13.1. The van der Waals surface area contributed by atoms with Crippen molar-refractivity contribution in [2.75, 3.05) is 0 Å². The highest BCUT2D eigenvalue weighted by molar-refractivity contribution is 6.05. The molecule has 8 heteroatoms. The van der Waals surface area contributed by atoms with Gasteiger partial charge in [-0.3, -0.25) is 14.4 Å². The van der Waals surface area contributed by atoms with Gasteiger partial charge in [-0.05, 0) is 49.1 Å². The van der Waals surface area contributed by atoms with Crippen molar-refractivity contribution >= 4 is 40.5 Å². The van der Waals surface area contributed by atoms with Crippen LogP contribution in [0.15, 0.2) is 60.3 Å². The molecule has 0 unspecified atom stereocenters. The summed E-state index contributed by atoms with van der Waals surface area (Å²) in [4.78, 5) is 53.2. The summed E-state index contributed by atoms with van der Waals surface area (Å²) in [5.74, 6) is -1.27. The van der Waals surface area contributed by atoms with Crippen LogP contribution in [0, 0.1) is 0 Å². The second-order valence-electron chi connectivity index (χ2n) is 9.19. The van der Waals surface area contributed by atoms with E-state index in [-0.39, 0.29) is 12.3 Å². The molecule has 0 saturated carbocycles. The van der Waals surface area contributed by atoms with Gasteiger partial charge < -0.3 is 25.7 Å². The Balaban J connectivity index is 1.46. The molecule has 1 heterocycles. The minimum atomic E-state index is -0.935. The molecular formula is C28H30N4O4. The molecule has 1 aliphatic carbocycles. The van der Waals surface area contributed by atoms with Gasteiger partial charge in [0.2, 0.25) is 17.7 Å². The highest BCUT2D eigenvalue weighted by Gasteiger charge is 2.28. The summed E-state index contributed by atoms with van der Waals surface area (Å²) in [7, 11) is 0. The molecule has 3 atom stereocenters. The monoisotopic (exact) mass is 486 g/mol. The minimum Gasteiger partial charge on any atom is -0.361 e. The zero-order valence-corrected chi connectivity index (χ0v) is 20.6. The van der Waals surface area contributed by atoms with E-state index < -0.39 is 29.9 Å². The number of hydrogen-bond donors (Lipinski definition) is 4. The lowest BCUT2D eigenvalue weighted by molar-refractivity contribution is -0.131. The fourth-order valence-electron chi connectivity index (χ4n) is 4.51. The highest BCUT2D eigenvalue weighted by atomic mass is 16.2. The van der Waals surface area contributed by atoms with E-state index >= 15 is 0 Å². The molecule has 3 amide bonds. The highest BCUT2D eigenvalue weighted by Crippen LogP contribution is 2.32. The molecule has 4 rings (SSSR count). The van der Waals surface area contributed by atoms with Gasteiger partial charge in [-0.2, -0.15) is 0 Å². The van der Waals surface area contributed by atoms with Gasteiger partial charge in [0.25, 0.3) is 0 Å². The molecule has 1 aliphatic rings. The van der Waals surface area contributed by atoms with Gasteiger partial charge in [0, 0.05) is 35.5 Å². The number of fused-ring (bicyclic) bond motifs is 2. The zero-order chi connectivity index (χ0) is 25.8. The Hall–Kier alpha value is -4.20. The topological polar surface area (TPSA) is 120 Å². The summed E-state index contributed by atoms with van der Waals surface area (Å²) < 4.78 is 0. The van der Waals surface area contributed by atoms with Gasteiger partial charge >= 0.3 is 0 Å². The maximum Gasteiger partial charge on any atom is 0.248 e. The molecule has 0 radical (unpaired) electrons. The van der Waals surface area contributed by atoms with Crippen molar-refractivity contribution < 1.29 is 19.2 Å². The Morgan fingerprint density at radius 2 is 1.69 bits per heavy atom. The number of carbonyl (C=O) groups is 4. The number of hydrogen-bond acceptors (Lipinski definition) is 4. The third-order valence-electron chi connectivity index (χ3n) is 6.56. The fraction of sp³-hybridized carbons (Fsp3) is 0.286. The van der Waals surface area contributed by atoms with Gasteiger partial charge in [0.1, 0.15) is 18.4 Å². The lowest BCUT2D eigenvalue weighted by Crippen LogP contribution is -2.55. The van der Waals surface area contributed by atoms with Gasteiger partial charge in [0.15, 0.2) is 0 Å². The number of nitrogens with one attached hydrogen (secondary N) is 4. The second-order valence-corrected chi connectivity index (χ2v) is 9.19. The molecule has 8 nitrogen and oxygen atoms in total. The number of aldehydes is 1. The fourth-order valence-corrected chi connectivity index (χ4v) is 4.51. The number of carbonyl (C=O) groups excluding carboxylic acids is 4. The molecular weight excluding hydrogens is 456 g/mol. The van der Waals surface area contributed by atoms with Gasteiger partial charge in [-0.15, -0.1) is 0 Å². The van der Waals surface area contributed by atoms with Crippen LogP contribution in [0.2, 0.25) is 0 Å². The number of aromatic nitrogens is 1. The summed E-state index contributed by atoms with van der Waals surface area (Å²) >= 11 is 0. The first-order chi connectivity index (χ1) is 17.3. The second kappa shape index (κ2) is 10.6. The van der Waals surface area contributed by atoms with Crippen LogP contribution < -0.4 is 16.0 Å². The van der Waals surface area contributed by atoms with Crippen LogP contribution in [0.1, 0.15) is 37.5 Å². The zero-order valence-electron chi connectivity index (χ0n) is 20.6. The van der Waals surface area contributed by atoms with E-state index in [2.05, 4.69) is 20.9 Å². The average Bonchev–Trinajstić information content (AvgIpc) is 3.44. The van der Waals surface area contributed by atoms with Crippen molar-refractivity contribution in [3.05, 3.63) is 77.0 Å². The maximum absolute atomic E-state index is 13.1. The summed E-state index contributed by atoms with van der Waals surface area (Å²) in [6.07, 6.45) is 3.16. The largest absolute Gasteiger partial charge is 0.361 e. The molecule has 3 aromatic rings. The van der Waals surface area contributed by atoms with Crippen LogP contribution >= 0.6 is 0 Å². The van der Waals surface area contributed by atoms with Crippen LogP contribution in [0.3, 0.4) is 0 Å². The van der Waals surface area contributed by atoms with Crippen molar-refractivity contribution in [3.63, 3.8) is 0 Å². The summed E-state index contributed by atoms with van der Waals surface area (Å²) in [6.45, 7) is 5.05. The summed E-state index contributed by atoms with van der Waals surface area (Å²) in [6, 6.07) is 13.0. The van der Waals surface area contributed by atoms with Crippen molar-refractivity contribution in [3.8, 4) is 0 Å². The number of allylic oxidation sites excluding steroid dienone is 1. The van der Waals surface area contributed by atoms with E-state index in [1.165, 1.54) is 0 Å². The number of H-pyrrole nitrogens is 1. The van der Waals surface area contributed by atoms with E-state index in [4.69, 9.17) is 0 Å². The lowest BCUT2D eigenvalue weighted by atomic mass is 10.0. The van der Waals surface area contributed by atoms with Crippen molar-refractivity contribution in [2.45, 2.75) is 51.7 Å². The van der Waals surface area contributed by atoms with E-state index in [9.17, 15) is 19.2 Å². The smallest absolute Gasteiger partial charge is 0.248 e. The van der Waals surface area contributed by atoms with Crippen LogP contribution in [0.4, 0.5) is 0 Å². The Bertz CT molecular complexity index is 1360. The minimum absolute atomic E-state index is 0.216. The number of amides is 3. The predicted molar refractivity (Wildman–Crippen MR) is 138 cm³/mol. The Morgan fingerprint density at radius 1 is 0.972 bits per heavy atom. The quantitative estimate of drug-likeness (QED) is 0.347. The molecule has 2 aromatic carbocycles. The average molecular weight is 487 g/mol. The lowest BCUT2D eigenvalue weighted by Gasteiger charge is -2.22. The van der Waals surface area contributed by atoms with Crippen LogP contribution in [0.5, 0.6) is 0 Å². The first kappa shape index (κ1) is 24.9. The van der Waals surface area contributed by atoms with Crippen LogP contribution in [-0.2, 0) is 32.0 Å². The molecule has 0 spiro atoms. The number of para-hydroxylation sites is 1. The van der Waals surface area contributed by atoms with Crippen LogP contribution in [0.25, 0.3) is 16.5 Å². The standard InChI is InChI=1S/C28H30N4O4/c1-16(15-33)30-28(36)25(13-20-14-29-24-11-7-6-10-22(20)24)32-26(34)18(3)31-27(35)23-12-19-8-4-5-9-21(19)17(23)2/h4-11,14-16,18,25,29H,12-13H2,1-3H3,(H,30,36)(H,31,35)(H,32,34)/t16-,18+,25-/m0/s1. The third kappa shape index (κ3) is 5.22. The molecule has 186 valence electrons. The number of aromatic amines is 1. The molecule has 0 saturated heterocycles. The van der Waals surface area contributed by atoms with Gasteiger partial charge in [-0.25, -0.2) is 0 Å². The van der Waals surface area contributed by atoms with E-state index in [0.29, 0.717) is 18.3 Å². The third-order valence-corrected chi connectivity index (χ3v) is 6.56. The number of rotatable bonds is 9. The van der Waals surface area contributed by atoms with E-state index in [0.717, 1.165) is 33.2 Å². The molecule has 0 bridgehead atoms. The first-order valence-corrected chi connectivity index (χ1v) is 12.0. The molecule has 0 fully saturated rings. The normalized spacial score (nSPS) is 15.1. The Kier molecular flexibility index (Phi) is 7.33. The van der Waals surface area contributed by atoms with Crippen LogP contribution in [-0.4, -0.2) is 47.1 Å². The number of benzene rings is 2. The Labute approximate surface area is 209 Å². The van der Waals surface area contributed by atoms with Gasteiger partial charge in [0.05, 0.1) is 6.04 Å². The van der Waals surface area contributed by atoms with E-state index in [1.807, 2.05) is 55.5 Å². The van der Waals surface area contributed by atoms with Gasteiger partial charge in [-0.1, -0.05) is 42.5 Å². The summed E-state index contributed by atoms with van der Waals surface area (Å²) in [5.41, 5.74) is 5.42. The predicted octanol–water partition coefficient (Wildman–Crippen LogP) is 2.43. The molecule has 4 N–H and O–H groups in total. The van der Waals surface area contributed by atoms with E-state index in [1.54, 1.807) is 20.0 Å². The Morgan fingerprint density at radius 3 is 2.44 bits per heavy atom. The summed E-state index contributed by atoms with van der Waals surface area (Å²) in [5, 5.41) is 9.08. The SMILES string of the molecule is CC1=C(C(=O)N[C@H](C)C(=O)N[C@@H](Cc2c[nH]c3ccccc23)C(=O)N[C@@H](C)C=O)Cc2ccccc21. The first-order valence-electron chi connectivity index (χ1n) is 12.0. The molecule has 0 aliphatic heterocycles. The van der Waals surface area contributed by atoms with Crippen molar-refractivity contribution in [1.29, 1.82) is 0 Å². The van der Waals surface area contributed by atoms with Crippen molar-refractivity contribution in [2.24, 2.45) is 0 Å². The molecule has 36 heavy (non-hydrogen) atoms. The van der Waals surface area contributed by atoms with Crippen molar-refractivity contribution in [1.82, 2.24) is 20.9 Å². The molecule has 1 aromatic heterocycles.